The van der Waals surface area contributed by atoms with Crippen LogP contribution in [0.4, 0.5) is 24.7 Å². The van der Waals surface area contributed by atoms with Crippen LogP contribution in [0.3, 0.4) is 0 Å². The van der Waals surface area contributed by atoms with E-state index in [1.807, 2.05) is 20.8 Å². The van der Waals surface area contributed by atoms with Crippen molar-refractivity contribution in [3.05, 3.63) is 35.1 Å². The van der Waals surface area contributed by atoms with Crippen molar-refractivity contribution in [3.63, 3.8) is 0 Å². The lowest BCUT2D eigenvalue weighted by molar-refractivity contribution is -0.138. The number of carbonyl (C=O) groups excluding carboxylic acids is 1. The van der Waals surface area contributed by atoms with E-state index in [-0.39, 0.29) is 22.4 Å². The fourth-order valence-corrected chi connectivity index (χ4v) is 5.19. The zero-order valence-electron chi connectivity index (χ0n) is 21.3. The van der Waals surface area contributed by atoms with Gasteiger partial charge >= 0.3 is 5.51 Å². The van der Waals surface area contributed by atoms with Crippen molar-refractivity contribution in [2.45, 2.75) is 87.6 Å². The maximum atomic E-state index is 12.8. The average Bonchev–Trinajstić information content (AvgIpc) is 3.14. The first kappa shape index (κ1) is 29.9. The van der Waals surface area contributed by atoms with Gasteiger partial charge in [0, 0.05) is 12.1 Å². The van der Waals surface area contributed by atoms with Gasteiger partial charge in [-0.15, -0.1) is 0 Å². The van der Waals surface area contributed by atoms with Crippen LogP contribution in [0.5, 0.6) is 5.88 Å². The van der Waals surface area contributed by atoms with E-state index in [1.54, 1.807) is 6.92 Å². The number of carbonyl (C=O) groups is 1. The summed E-state index contributed by atoms with van der Waals surface area (Å²) < 4.78 is 72.1. The molecule has 9 nitrogen and oxygen atoms in total. The second-order valence-corrected chi connectivity index (χ2v) is 12.4. The second kappa shape index (κ2) is 11.6. The molecule has 1 aromatic carbocycles. The van der Waals surface area contributed by atoms with Crippen molar-refractivity contribution in [1.29, 1.82) is 0 Å². The smallest absolute Gasteiger partial charge is 0.474 e. The Morgan fingerprint density at radius 3 is 2.26 bits per heavy atom. The third-order valence-electron chi connectivity index (χ3n) is 5.96. The number of piperidine rings is 1. The molecule has 2 N–H and O–H groups in total. The van der Waals surface area contributed by atoms with Crippen molar-refractivity contribution in [2.24, 2.45) is 0 Å². The number of fused-ring (bicyclic) bond motifs is 2. The topological polar surface area (TPSA) is 120 Å². The molecule has 2 fully saturated rings. The van der Waals surface area contributed by atoms with Crippen LogP contribution >= 0.6 is 11.6 Å². The molecule has 0 amide bonds. The molecule has 210 valence electrons. The molecule has 2 aromatic rings. The molecule has 2 saturated heterocycles. The maximum absolute atomic E-state index is 12.8. The summed E-state index contributed by atoms with van der Waals surface area (Å²) in [5, 5.41) is 6.26. The van der Waals surface area contributed by atoms with Crippen molar-refractivity contribution in [2.75, 3.05) is 5.32 Å². The first-order valence-electron chi connectivity index (χ1n) is 11.8. The van der Waals surface area contributed by atoms with Crippen LogP contribution in [0, 0.1) is 6.92 Å². The molecular weight excluding hydrogens is 549 g/mol. The molecule has 2 bridgehead atoms. The number of alkyl halides is 3. The minimum atomic E-state index is -5.49. The standard InChI is InChI=1S/C19H20ClF3N4O3S.C5H10O2/c1-10-17(24-9-25-18(10)30-13-6-11-2-3-12(7-13)26-11)27-16-5-4-14(8-15(16)20)31(28,29)19(21,22)23;1-5(2,3)7-4-6/h4-5,8-9,11-13,26H,2-3,6-7H2,1H3,(H,24,25,27);4H,1-3H3. The van der Waals surface area contributed by atoms with Gasteiger partial charge in [0.1, 0.15) is 23.9 Å². The SMILES string of the molecule is CC(C)(C)OC=O.Cc1c(Nc2ccc(S(=O)(=O)C(F)(F)F)cc2Cl)ncnc1OC1CC2CCC(C1)N2. The lowest BCUT2D eigenvalue weighted by Crippen LogP contribution is -2.42. The normalized spacial score (nSPS) is 21.2. The number of hydrogen-bond donors (Lipinski definition) is 2. The quantitative estimate of drug-likeness (QED) is 0.451. The van der Waals surface area contributed by atoms with Crippen molar-refractivity contribution < 1.29 is 35.9 Å². The average molecular weight is 579 g/mol. The summed E-state index contributed by atoms with van der Waals surface area (Å²) in [6.45, 7) is 7.67. The van der Waals surface area contributed by atoms with Crippen LogP contribution in [0.1, 0.15) is 52.0 Å². The van der Waals surface area contributed by atoms with Crippen LogP contribution in [0.2, 0.25) is 5.02 Å². The van der Waals surface area contributed by atoms with Gasteiger partial charge in [0.15, 0.2) is 0 Å². The molecular formula is C24H30ClF3N4O5S. The Labute approximate surface area is 224 Å². The molecule has 2 aliphatic rings. The Kier molecular flexibility index (Phi) is 9.15. The summed E-state index contributed by atoms with van der Waals surface area (Å²) in [6, 6.07) is 3.66. The summed E-state index contributed by atoms with van der Waals surface area (Å²) in [6.07, 6.45) is 5.41. The number of hydrogen-bond acceptors (Lipinski definition) is 9. The minimum absolute atomic E-state index is 0.0376. The van der Waals surface area contributed by atoms with E-state index in [9.17, 15) is 26.4 Å². The highest BCUT2D eigenvalue weighted by Gasteiger charge is 2.47. The van der Waals surface area contributed by atoms with Crippen LogP contribution in [0.25, 0.3) is 0 Å². The number of nitrogens with zero attached hydrogens (tertiary/aromatic N) is 2. The van der Waals surface area contributed by atoms with Gasteiger partial charge in [-0.1, -0.05) is 11.6 Å². The lowest BCUT2D eigenvalue weighted by Gasteiger charge is -2.29. The van der Waals surface area contributed by atoms with Crippen LogP contribution in [0.15, 0.2) is 29.4 Å². The van der Waals surface area contributed by atoms with Gasteiger partial charge < -0.3 is 20.1 Å². The minimum Gasteiger partial charge on any atom is -0.474 e. The predicted molar refractivity (Wildman–Crippen MR) is 135 cm³/mol. The Balaban J connectivity index is 0.000000505. The number of ether oxygens (including phenoxy) is 2. The van der Waals surface area contributed by atoms with Crippen LogP contribution in [-0.4, -0.2) is 54.2 Å². The van der Waals surface area contributed by atoms with E-state index in [0.29, 0.717) is 35.8 Å². The van der Waals surface area contributed by atoms with Gasteiger partial charge in [0.2, 0.25) is 5.88 Å². The molecule has 2 aliphatic heterocycles. The number of halogens is 4. The molecule has 1 aromatic heterocycles. The van der Waals surface area contributed by atoms with Crippen LogP contribution < -0.4 is 15.4 Å². The highest BCUT2D eigenvalue weighted by molar-refractivity contribution is 7.92. The Morgan fingerprint density at radius 2 is 1.76 bits per heavy atom. The van der Waals surface area contributed by atoms with E-state index < -0.39 is 20.2 Å². The van der Waals surface area contributed by atoms with Gasteiger partial charge in [0.25, 0.3) is 16.3 Å². The van der Waals surface area contributed by atoms with E-state index in [0.717, 1.165) is 43.9 Å². The number of anilines is 2. The van der Waals surface area contributed by atoms with E-state index >= 15 is 0 Å². The lowest BCUT2D eigenvalue weighted by atomic mass is 10.0. The molecule has 2 atom stereocenters. The third kappa shape index (κ3) is 7.48. The van der Waals surface area contributed by atoms with Crippen molar-refractivity contribution in [3.8, 4) is 5.88 Å². The molecule has 0 spiro atoms. The van der Waals surface area contributed by atoms with Crippen molar-refractivity contribution >= 4 is 39.4 Å². The molecule has 4 rings (SSSR count). The summed E-state index contributed by atoms with van der Waals surface area (Å²) in [5.74, 6) is 0.770. The second-order valence-electron chi connectivity index (χ2n) is 10.0. The van der Waals surface area contributed by atoms with E-state index in [4.69, 9.17) is 16.3 Å². The first-order valence-corrected chi connectivity index (χ1v) is 13.7. The zero-order valence-corrected chi connectivity index (χ0v) is 22.9. The van der Waals surface area contributed by atoms with E-state index in [1.165, 1.54) is 6.33 Å². The number of sulfone groups is 1. The molecule has 2 unspecified atom stereocenters. The largest absolute Gasteiger partial charge is 0.501 e. The molecule has 3 heterocycles. The van der Waals surface area contributed by atoms with Gasteiger partial charge in [0.05, 0.1) is 21.2 Å². The number of rotatable bonds is 6. The maximum Gasteiger partial charge on any atom is 0.501 e. The molecule has 14 heteroatoms. The summed E-state index contributed by atoms with van der Waals surface area (Å²) in [4.78, 5) is 17.0. The fourth-order valence-electron chi connectivity index (χ4n) is 4.11. The summed E-state index contributed by atoms with van der Waals surface area (Å²) >= 11 is 6.05. The third-order valence-corrected chi connectivity index (χ3v) is 7.75. The van der Waals surface area contributed by atoms with Gasteiger partial charge in [-0.05, 0) is 71.6 Å². The molecule has 0 radical (unpaired) electrons. The predicted octanol–water partition coefficient (Wildman–Crippen LogP) is 5.10. The molecule has 38 heavy (non-hydrogen) atoms. The van der Waals surface area contributed by atoms with Gasteiger partial charge in [-0.25, -0.2) is 18.4 Å². The number of benzene rings is 1. The van der Waals surface area contributed by atoms with Gasteiger partial charge in [-0.2, -0.15) is 13.2 Å². The highest BCUT2D eigenvalue weighted by Crippen LogP contribution is 2.36. The summed E-state index contributed by atoms with van der Waals surface area (Å²) in [7, 11) is -5.49. The van der Waals surface area contributed by atoms with Crippen molar-refractivity contribution in [1.82, 2.24) is 15.3 Å². The van der Waals surface area contributed by atoms with Gasteiger partial charge in [-0.3, -0.25) is 4.79 Å². The molecule has 0 saturated carbocycles. The zero-order chi connectivity index (χ0) is 28.3. The molecule has 0 aliphatic carbocycles. The Morgan fingerprint density at radius 1 is 1.13 bits per heavy atom. The first-order chi connectivity index (χ1) is 17.6. The Hall–Kier alpha value is -2.64. The number of nitrogens with one attached hydrogen (secondary N) is 2. The fraction of sp³-hybridized carbons (Fsp3) is 0.542. The summed E-state index contributed by atoms with van der Waals surface area (Å²) in [5.41, 5.74) is -4.91. The number of aromatic nitrogens is 2. The van der Waals surface area contributed by atoms with Crippen LogP contribution in [-0.2, 0) is 19.4 Å². The highest BCUT2D eigenvalue weighted by atomic mass is 35.5. The van der Waals surface area contributed by atoms with E-state index in [2.05, 4.69) is 25.3 Å². The monoisotopic (exact) mass is 578 g/mol. The Bertz CT molecular complexity index is 1240.